The van der Waals surface area contributed by atoms with Crippen LogP contribution in [0.2, 0.25) is 0 Å². The number of hydrogen-bond acceptors (Lipinski definition) is 3. The first-order valence-corrected chi connectivity index (χ1v) is 8.17. The van der Waals surface area contributed by atoms with Gasteiger partial charge < -0.3 is 4.52 Å². The fourth-order valence-electron chi connectivity index (χ4n) is 2.61. The van der Waals surface area contributed by atoms with Crippen molar-refractivity contribution in [3.63, 3.8) is 0 Å². The predicted molar refractivity (Wildman–Crippen MR) is 64.2 cm³/mol. The molecule has 0 bridgehead atoms. The summed E-state index contributed by atoms with van der Waals surface area (Å²) in [6, 6.07) is 0. The van der Waals surface area contributed by atoms with Crippen LogP contribution in [-0.4, -0.2) is 35.6 Å². The zero-order chi connectivity index (χ0) is 12.8. The third kappa shape index (κ3) is 3.30. The first-order chi connectivity index (χ1) is 6.94. The largest absolute Gasteiger partial charge is 0.325 e. The van der Waals surface area contributed by atoms with Gasteiger partial charge in [-0.1, -0.05) is 0 Å². The van der Waals surface area contributed by atoms with Gasteiger partial charge in [-0.3, -0.25) is 4.57 Å². The second kappa shape index (κ2) is 4.09. The van der Waals surface area contributed by atoms with Crippen LogP contribution in [0.15, 0.2) is 0 Å². The van der Waals surface area contributed by atoms with E-state index in [1.54, 1.807) is 13.3 Å². The molecule has 0 amide bonds. The molecular formula is C11H23NO3P. The van der Waals surface area contributed by atoms with Gasteiger partial charge in [-0.2, -0.15) is 0 Å². The quantitative estimate of drug-likeness (QED) is 0.706. The molecule has 0 spiro atoms. The van der Waals surface area contributed by atoms with Crippen molar-refractivity contribution in [1.82, 2.24) is 5.06 Å². The molecule has 4 nitrogen and oxygen atoms in total. The highest BCUT2D eigenvalue weighted by Gasteiger charge is 2.47. The summed E-state index contributed by atoms with van der Waals surface area (Å²) in [4.78, 5) is 0. The number of hydrogen-bond donors (Lipinski definition) is 0. The summed E-state index contributed by atoms with van der Waals surface area (Å²) in [5, 5.41) is 13.2. The van der Waals surface area contributed by atoms with Gasteiger partial charge in [-0.25, -0.2) is 0 Å². The molecule has 0 atom stereocenters. The lowest BCUT2D eigenvalue weighted by atomic mass is 9.80. The highest BCUT2D eigenvalue weighted by Crippen LogP contribution is 2.46. The fraction of sp³-hybridized carbons (Fsp3) is 1.00. The minimum Gasteiger partial charge on any atom is -0.325 e. The smallest absolute Gasteiger partial charge is 0.197 e. The molecular weight excluding hydrogens is 225 g/mol. The molecule has 0 aromatic carbocycles. The molecule has 0 aromatic rings. The van der Waals surface area contributed by atoms with Crippen molar-refractivity contribution in [3.05, 3.63) is 0 Å². The van der Waals surface area contributed by atoms with Crippen molar-refractivity contribution in [2.45, 2.75) is 57.7 Å². The van der Waals surface area contributed by atoms with E-state index < -0.39 is 18.4 Å². The standard InChI is InChI=1S/C11H23NO3P/c1-10(2)7-9(15-16(5,6)14)8-11(3,4)12(10)13/h9H,7-8H2,1-6H3. The number of hydroxylamine groups is 2. The van der Waals surface area contributed by atoms with Crippen LogP contribution in [0.1, 0.15) is 40.5 Å². The molecule has 0 aromatic heterocycles. The lowest BCUT2D eigenvalue weighted by Gasteiger charge is -2.49. The summed E-state index contributed by atoms with van der Waals surface area (Å²) in [6.07, 6.45) is 1.17. The first-order valence-electron chi connectivity index (χ1n) is 5.65. The zero-order valence-electron chi connectivity index (χ0n) is 11.1. The lowest BCUT2D eigenvalue weighted by Crippen LogP contribution is -2.59. The number of rotatable bonds is 2. The van der Waals surface area contributed by atoms with Crippen LogP contribution in [0, 0.1) is 0 Å². The van der Waals surface area contributed by atoms with Gasteiger partial charge in [0.2, 0.25) is 0 Å². The third-order valence-corrected chi connectivity index (χ3v) is 3.76. The minimum atomic E-state index is -2.49. The van der Waals surface area contributed by atoms with Gasteiger partial charge in [0.25, 0.3) is 0 Å². The van der Waals surface area contributed by atoms with Crippen molar-refractivity contribution in [2.24, 2.45) is 0 Å². The van der Waals surface area contributed by atoms with Crippen molar-refractivity contribution in [2.75, 3.05) is 13.3 Å². The van der Waals surface area contributed by atoms with E-state index in [0.29, 0.717) is 12.8 Å². The molecule has 1 rings (SSSR count). The SMILES string of the molecule is CC1(C)CC(OP(C)(C)=O)CC(C)(C)N1[O]. The second-order valence-electron chi connectivity index (χ2n) is 6.31. The van der Waals surface area contributed by atoms with Crippen LogP contribution < -0.4 is 0 Å². The molecule has 1 aliphatic rings. The Morgan fingerprint density at radius 1 is 1.12 bits per heavy atom. The van der Waals surface area contributed by atoms with E-state index in [-0.39, 0.29) is 6.10 Å². The maximum Gasteiger partial charge on any atom is 0.197 e. The Balaban J connectivity index is 2.83. The Morgan fingerprint density at radius 3 is 1.81 bits per heavy atom. The Kier molecular flexibility index (Phi) is 3.63. The Hall–Kier alpha value is 0.110. The van der Waals surface area contributed by atoms with Crippen molar-refractivity contribution < 1.29 is 14.3 Å². The van der Waals surface area contributed by atoms with E-state index in [9.17, 15) is 9.77 Å². The van der Waals surface area contributed by atoms with Crippen LogP contribution in [-0.2, 0) is 14.3 Å². The lowest BCUT2D eigenvalue weighted by molar-refractivity contribution is -0.296. The Labute approximate surface area is 98.4 Å². The Bertz CT molecular complexity index is 290. The summed E-state index contributed by atoms with van der Waals surface area (Å²) >= 11 is 0. The third-order valence-electron chi connectivity index (χ3n) is 2.96. The number of piperidine rings is 1. The summed E-state index contributed by atoms with van der Waals surface area (Å²) in [6.45, 7) is 10.9. The van der Waals surface area contributed by atoms with Crippen LogP contribution in [0.4, 0.5) is 0 Å². The van der Waals surface area contributed by atoms with Gasteiger partial charge >= 0.3 is 0 Å². The van der Waals surface area contributed by atoms with Gasteiger partial charge in [0.1, 0.15) is 0 Å². The van der Waals surface area contributed by atoms with E-state index >= 15 is 0 Å². The summed E-state index contributed by atoms with van der Waals surface area (Å²) < 4.78 is 17.3. The molecule has 5 heteroatoms. The molecule has 16 heavy (non-hydrogen) atoms. The van der Waals surface area contributed by atoms with Crippen LogP contribution in [0.5, 0.6) is 0 Å². The van der Waals surface area contributed by atoms with Crippen LogP contribution in [0.3, 0.4) is 0 Å². The normalized spacial score (nSPS) is 26.9. The van der Waals surface area contributed by atoms with Crippen molar-refractivity contribution in [1.29, 1.82) is 0 Å². The van der Waals surface area contributed by atoms with E-state index in [2.05, 4.69) is 0 Å². The molecule has 0 N–H and O–H groups in total. The van der Waals surface area contributed by atoms with Crippen molar-refractivity contribution in [3.8, 4) is 0 Å². The summed E-state index contributed by atoms with van der Waals surface area (Å²) in [7, 11) is -2.49. The molecule has 1 radical (unpaired) electrons. The molecule has 0 unspecified atom stereocenters. The highest BCUT2D eigenvalue weighted by atomic mass is 31.2. The van der Waals surface area contributed by atoms with E-state index in [4.69, 9.17) is 4.52 Å². The topological polar surface area (TPSA) is 49.4 Å². The van der Waals surface area contributed by atoms with Crippen LogP contribution >= 0.6 is 7.37 Å². The zero-order valence-corrected chi connectivity index (χ0v) is 12.0. The van der Waals surface area contributed by atoms with Crippen molar-refractivity contribution >= 4 is 7.37 Å². The average Bonchev–Trinajstić information content (AvgIpc) is 1.95. The van der Waals surface area contributed by atoms with E-state index in [1.165, 1.54) is 0 Å². The van der Waals surface area contributed by atoms with E-state index in [0.717, 1.165) is 5.06 Å². The van der Waals surface area contributed by atoms with Crippen LogP contribution in [0.25, 0.3) is 0 Å². The monoisotopic (exact) mass is 248 g/mol. The summed E-state index contributed by atoms with van der Waals surface area (Å²) in [5.41, 5.74) is -0.914. The van der Waals surface area contributed by atoms with Gasteiger partial charge in [0.05, 0.1) is 6.10 Å². The van der Waals surface area contributed by atoms with Gasteiger partial charge in [0.15, 0.2) is 7.37 Å². The van der Waals surface area contributed by atoms with Gasteiger partial charge in [0, 0.05) is 24.4 Å². The average molecular weight is 248 g/mol. The highest BCUT2D eigenvalue weighted by molar-refractivity contribution is 7.57. The van der Waals surface area contributed by atoms with Gasteiger partial charge in [-0.05, 0) is 40.5 Å². The first kappa shape index (κ1) is 14.2. The molecule has 1 saturated heterocycles. The molecule has 95 valence electrons. The molecule has 1 fully saturated rings. The predicted octanol–water partition coefficient (Wildman–Crippen LogP) is 2.91. The second-order valence-corrected chi connectivity index (χ2v) is 9.02. The molecule has 0 aliphatic carbocycles. The Morgan fingerprint density at radius 2 is 1.50 bits per heavy atom. The maximum absolute atomic E-state index is 12.1. The van der Waals surface area contributed by atoms with Gasteiger partial charge in [-0.15, -0.1) is 10.3 Å². The number of nitrogens with zero attached hydrogens (tertiary/aromatic N) is 1. The summed E-state index contributed by atoms with van der Waals surface area (Å²) in [5.74, 6) is 0. The minimum absolute atomic E-state index is 0.0870. The fourth-order valence-corrected chi connectivity index (χ4v) is 3.47. The molecule has 0 saturated carbocycles. The molecule has 1 aliphatic heterocycles. The maximum atomic E-state index is 12.1. The van der Waals surface area contributed by atoms with E-state index in [1.807, 2.05) is 27.7 Å². The molecule has 1 heterocycles.